The average molecular weight is 322 g/mol. The first-order chi connectivity index (χ1) is 11.6. The maximum Gasteiger partial charge on any atom is 0.239 e. The summed E-state index contributed by atoms with van der Waals surface area (Å²) in [6.45, 7) is 5.10. The van der Waals surface area contributed by atoms with Crippen LogP contribution in [0, 0.1) is 5.92 Å². The van der Waals surface area contributed by atoms with Crippen molar-refractivity contribution < 1.29 is 4.79 Å². The van der Waals surface area contributed by atoms with Gasteiger partial charge in [-0.15, -0.1) is 0 Å². The van der Waals surface area contributed by atoms with Gasteiger partial charge in [-0.25, -0.2) is 0 Å². The maximum atomic E-state index is 12.7. The molecule has 0 aliphatic carbocycles. The van der Waals surface area contributed by atoms with Gasteiger partial charge in [-0.3, -0.25) is 9.59 Å². The lowest BCUT2D eigenvalue weighted by Crippen LogP contribution is -2.31. The number of fused-ring (bicyclic) bond motifs is 2. The Hall–Kier alpha value is -2.62. The lowest BCUT2D eigenvalue weighted by Gasteiger charge is -2.16. The third-order valence-electron chi connectivity index (χ3n) is 4.53. The lowest BCUT2D eigenvalue weighted by atomic mass is 10.1. The van der Waals surface area contributed by atoms with Crippen LogP contribution in [-0.4, -0.2) is 17.0 Å². The van der Waals surface area contributed by atoms with Crippen LogP contribution < -0.4 is 10.7 Å². The fourth-order valence-electron chi connectivity index (χ4n) is 2.88. The second-order valence-electron chi connectivity index (χ2n) is 6.27. The van der Waals surface area contributed by atoms with E-state index in [1.807, 2.05) is 53.1 Å². The third kappa shape index (κ3) is 3.04. The quantitative estimate of drug-likeness (QED) is 0.733. The predicted octanol–water partition coefficient (Wildman–Crippen LogP) is 3.32. The topological polar surface area (TPSA) is 51.1 Å². The second-order valence-corrected chi connectivity index (χ2v) is 6.27. The molecule has 0 aliphatic rings. The highest BCUT2D eigenvalue weighted by Gasteiger charge is 2.13. The summed E-state index contributed by atoms with van der Waals surface area (Å²) in [4.78, 5) is 25.1. The number of nitrogens with one attached hydrogen (secondary N) is 1. The number of carbonyl (C=O) groups excluding carboxylic acids is 1. The number of rotatable bonds is 5. The van der Waals surface area contributed by atoms with E-state index in [9.17, 15) is 9.59 Å². The first kappa shape index (κ1) is 16.2. The molecule has 4 nitrogen and oxygen atoms in total. The minimum atomic E-state index is -0.0331. The molecule has 24 heavy (non-hydrogen) atoms. The molecule has 1 N–H and O–H groups in total. The highest BCUT2D eigenvalue weighted by Crippen LogP contribution is 2.18. The molecule has 1 amide bonds. The first-order valence-electron chi connectivity index (χ1n) is 8.38. The SMILES string of the molecule is CCC(C)CNC(=O)Cn1c2ccccc2c(=O)c2ccccc21. The second kappa shape index (κ2) is 6.87. The summed E-state index contributed by atoms with van der Waals surface area (Å²) >= 11 is 0. The zero-order valence-electron chi connectivity index (χ0n) is 14.1. The minimum Gasteiger partial charge on any atom is -0.354 e. The monoisotopic (exact) mass is 322 g/mol. The Labute approximate surface area is 141 Å². The van der Waals surface area contributed by atoms with Crippen molar-refractivity contribution >= 4 is 27.7 Å². The summed E-state index contributed by atoms with van der Waals surface area (Å²) in [6.07, 6.45) is 1.03. The van der Waals surface area contributed by atoms with Gasteiger partial charge in [0.1, 0.15) is 6.54 Å². The Balaban J connectivity index is 2.07. The van der Waals surface area contributed by atoms with Gasteiger partial charge in [0.15, 0.2) is 5.43 Å². The van der Waals surface area contributed by atoms with Crippen LogP contribution in [-0.2, 0) is 11.3 Å². The van der Waals surface area contributed by atoms with Gasteiger partial charge in [-0.1, -0.05) is 44.5 Å². The van der Waals surface area contributed by atoms with Gasteiger partial charge in [0.05, 0.1) is 11.0 Å². The number of para-hydroxylation sites is 2. The third-order valence-corrected chi connectivity index (χ3v) is 4.53. The van der Waals surface area contributed by atoms with Gasteiger partial charge >= 0.3 is 0 Å². The molecule has 4 heteroatoms. The highest BCUT2D eigenvalue weighted by molar-refractivity contribution is 5.94. The smallest absolute Gasteiger partial charge is 0.239 e. The van der Waals surface area contributed by atoms with Crippen molar-refractivity contribution in [3.05, 3.63) is 58.8 Å². The number of hydrogen-bond acceptors (Lipinski definition) is 2. The van der Waals surface area contributed by atoms with Crippen LogP contribution in [0.25, 0.3) is 21.8 Å². The molecule has 2 aromatic carbocycles. The molecular formula is C20H22N2O2. The molecule has 0 radical (unpaired) electrons. The summed E-state index contributed by atoms with van der Waals surface area (Å²) in [5, 5.41) is 4.28. The number of nitrogens with zero attached hydrogens (tertiary/aromatic N) is 1. The molecule has 3 rings (SSSR count). The number of carbonyl (C=O) groups is 1. The van der Waals surface area contributed by atoms with Crippen molar-refractivity contribution in [1.82, 2.24) is 9.88 Å². The first-order valence-corrected chi connectivity index (χ1v) is 8.38. The minimum absolute atomic E-state index is 0.0115. The molecule has 0 aliphatic heterocycles. The van der Waals surface area contributed by atoms with E-state index in [0.29, 0.717) is 23.2 Å². The van der Waals surface area contributed by atoms with Crippen LogP contribution in [0.2, 0.25) is 0 Å². The lowest BCUT2D eigenvalue weighted by molar-refractivity contribution is -0.121. The Morgan fingerprint density at radius 1 is 1.04 bits per heavy atom. The molecule has 0 saturated heterocycles. The summed E-state index contributed by atoms with van der Waals surface area (Å²) < 4.78 is 1.93. The van der Waals surface area contributed by atoms with Crippen molar-refractivity contribution in [2.75, 3.05) is 6.54 Å². The van der Waals surface area contributed by atoms with Gasteiger partial charge in [-0.05, 0) is 30.2 Å². The summed E-state index contributed by atoms with van der Waals surface area (Å²) in [6, 6.07) is 14.9. The number of benzene rings is 2. The Kier molecular flexibility index (Phi) is 4.65. The summed E-state index contributed by atoms with van der Waals surface area (Å²) in [7, 11) is 0. The summed E-state index contributed by atoms with van der Waals surface area (Å²) in [5.74, 6) is 0.422. The van der Waals surface area contributed by atoms with E-state index in [2.05, 4.69) is 19.2 Å². The fourth-order valence-corrected chi connectivity index (χ4v) is 2.88. The zero-order chi connectivity index (χ0) is 17.1. The van der Waals surface area contributed by atoms with Gasteiger partial charge in [-0.2, -0.15) is 0 Å². The molecule has 124 valence electrons. The molecule has 3 aromatic rings. The molecule has 1 aromatic heterocycles. The van der Waals surface area contributed by atoms with Gasteiger partial charge in [0.2, 0.25) is 5.91 Å². The van der Waals surface area contributed by atoms with E-state index < -0.39 is 0 Å². The fraction of sp³-hybridized carbons (Fsp3) is 0.300. The highest BCUT2D eigenvalue weighted by atomic mass is 16.2. The molecule has 0 bridgehead atoms. The molecule has 0 fully saturated rings. The predicted molar refractivity (Wildman–Crippen MR) is 98.2 cm³/mol. The number of aromatic nitrogens is 1. The van der Waals surface area contributed by atoms with Crippen LogP contribution in [0.1, 0.15) is 20.3 Å². The van der Waals surface area contributed by atoms with Crippen molar-refractivity contribution in [3.63, 3.8) is 0 Å². The standard InChI is InChI=1S/C20H22N2O2/c1-3-14(2)12-21-19(23)13-22-17-10-6-4-8-15(17)20(24)16-9-5-7-11-18(16)22/h4-11,14H,3,12-13H2,1-2H3,(H,21,23). The summed E-state index contributed by atoms with van der Waals surface area (Å²) in [5.41, 5.74) is 1.59. The van der Waals surface area contributed by atoms with Crippen molar-refractivity contribution in [2.24, 2.45) is 5.92 Å². The van der Waals surface area contributed by atoms with E-state index >= 15 is 0 Å². The van der Waals surface area contributed by atoms with Crippen LogP contribution in [0.3, 0.4) is 0 Å². The number of pyridine rings is 1. The maximum absolute atomic E-state index is 12.7. The molecule has 0 spiro atoms. The Morgan fingerprint density at radius 2 is 1.58 bits per heavy atom. The van der Waals surface area contributed by atoms with Crippen LogP contribution in [0.5, 0.6) is 0 Å². The molecule has 0 saturated carbocycles. The van der Waals surface area contributed by atoms with Crippen LogP contribution in [0.4, 0.5) is 0 Å². The van der Waals surface area contributed by atoms with Gasteiger partial charge < -0.3 is 9.88 Å². The van der Waals surface area contributed by atoms with E-state index in [0.717, 1.165) is 17.5 Å². The molecule has 1 heterocycles. The van der Waals surface area contributed by atoms with Crippen molar-refractivity contribution in [2.45, 2.75) is 26.8 Å². The average Bonchev–Trinajstić information content (AvgIpc) is 2.63. The van der Waals surface area contributed by atoms with E-state index in [1.54, 1.807) is 0 Å². The largest absolute Gasteiger partial charge is 0.354 e. The number of amides is 1. The van der Waals surface area contributed by atoms with E-state index in [4.69, 9.17) is 0 Å². The molecular weight excluding hydrogens is 300 g/mol. The van der Waals surface area contributed by atoms with E-state index in [-0.39, 0.29) is 17.9 Å². The zero-order valence-corrected chi connectivity index (χ0v) is 14.1. The van der Waals surface area contributed by atoms with Crippen molar-refractivity contribution in [1.29, 1.82) is 0 Å². The van der Waals surface area contributed by atoms with Crippen LogP contribution in [0.15, 0.2) is 53.3 Å². The van der Waals surface area contributed by atoms with Gasteiger partial charge in [0, 0.05) is 17.3 Å². The van der Waals surface area contributed by atoms with Gasteiger partial charge in [0.25, 0.3) is 0 Å². The molecule has 1 atom stereocenters. The number of hydrogen-bond donors (Lipinski definition) is 1. The Bertz CT molecular complexity index is 883. The van der Waals surface area contributed by atoms with Crippen molar-refractivity contribution in [3.8, 4) is 0 Å². The Morgan fingerprint density at radius 3 is 2.12 bits per heavy atom. The molecule has 1 unspecified atom stereocenters. The normalized spacial score (nSPS) is 12.4. The van der Waals surface area contributed by atoms with Crippen LogP contribution >= 0.6 is 0 Å². The van der Waals surface area contributed by atoms with E-state index in [1.165, 1.54) is 0 Å².